The van der Waals surface area contributed by atoms with Crippen molar-refractivity contribution in [2.45, 2.75) is 45.2 Å². The van der Waals surface area contributed by atoms with E-state index in [-0.39, 0.29) is 0 Å². The molecule has 0 aromatic carbocycles. The van der Waals surface area contributed by atoms with E-state index in [0.29, 0.717) is 6.04 Å². The first-order valence-electron chi connectivity index (χ1n) is 5.82. The van der Waals surface area contributed by atoms with Gasteiger partial charge in [0, 0.05) is 19.1 Å². The zero-order valence-electron chi connectivity index (χ0n) is 10.4. The second-order valence-corrected chi connectivity index (χ2v) is 5.38. The molecular formula is C12H23N3. The molecule has 1 rings (SSSR count). The Labute approximate surface area is 93.5 Å². The van der Waals surface area contributed by atoms with E-state index < -0.39 is 5.54 Å². The Morgan fingerprint density at radius 3 is 2.53 bits per heavy atom. The van der Waals surface area contributed by atoms with Crippen molar-refractivity contribution >= 4 is 0 Å². The first-order chi connectivity index (χ1) is 6.95. The zero-order valence-corrected chi connectivity index (χ0v) is 10.4. The third kappa shape index (κ3) is 4.63. The Kier molecular flexibility index (Phi) is 4.12. The van der Waals surface area contributed by atoms with Crippen molar-refractivity contribution in [1.82, 2.24) is 10.2 Å². The molecule has 1 fully saturated rings. The lowest BCUT2D eigenvalue weighted by molar-refractivity contribution is 0.243. The number of nitriles is 1. The third-order valence-electron chi connectivity index (χ3n) is 2.71. The molecule has 0 bridgehead atoms. The summed E-state index contributed by atoms with van der Waals surface area (Å²) in [6, 6.07) is 2.73. The SMILES string of the molecule is CC(C)NC(C)(C#N)CN(C)CC1CC1. The molecule has 86 valence electrons. The van der Waals surface area contributed by atoms with Crippen LogP contribution in [-0.2, 0) is 0 Å². The van der Waals surface area contributed by atoms with Gasteiger partial charge in [0.2, 0.25) is 0 Å². The molecule has 0 aromatic heterocycles. The Morgan fingerprint density at radius 2 is 2.13 bits per heavy atom. The highest BCUT2D eigenvalue weighted by Gasteiger charge is 2.29. The van der Waals surface area contributed by atoms with Crippen molar-refractivity contribution in [3.05, 3.63) is 0 Å². The van der Waals surface area contributed by atoms with E-state index in [2.05, 4.69) is 37.2 Å². The first-order valence-corrected chi connectivity index (χ1v) is 5.82. The minimum absolute atomic E-state index is 0.351. The number of hydrogen-bond donors (Lipinski definition) is 1. The number of likely N-dealkylation sites (N-methyl/N-ethyl adjacent to an activating group) is 1. The molecular weight excluding hydrogens is 186 g/mol. The lowest BCUT2D eigenvalue weighted by atomic mass is 10.0. The van der Waals surface area contributed by atoms with Gasteiger partial charge < -0.3 is 4.90 Å². The van der Waals surface area contributed by atoms with Gasteiger partial charge in [-0.15, -0.1) is 0 Å². The van der Waals surface area contributed by atoms with Crippen LogP contribution >= 0.6 is 0 Å². The van der Waals surface area contributed by atoms with Crippen LogP contribution in [-0.4, -0.2) is 36.6 Å². The predicted molar refractivity (Wildman–Crippen MR) is 62.5 cm³/mol. The van der Waals surface area contributed by atoms with Crippen molar-refractivity contribution in [2.24, 2.45) is 5.92 Å². The topological polar surface area (TPSA) is 39.1 Å². The minimum atomic E-state index is -0.419. The van der Waals surface area contributed by atoms with Gasteiger partial charge in [0.1, 0.15) is 5.54 Å². The van der Waals surface area contributed by atoms with Gasteiger partial charge in [-0.2, -0.15) is 5.26 Å². The van der Waals surface area contributed by atoms with Gasteiger partial charge in [0.05, 0.1) is 6.07 Å². The van der Waals surface area contributed by atoms with Gasteiger partial charge in [-0.1, -0.05) is 0 Å². The fraction of sp³-hybridized carbons (Fsp3) is 0.917. The fourth-order valence-electron chi connectivity index (χ4n) is 2.10. The molecule has 0 amide bonds. The van der Waals surface area contributed by atoms with Gasteiger partial charge in [0.25, 0.3) is 0 Å². The Morgan fingerprint density at radius 1 is 1.53 bits per heavy atom. The lowest BCUT2D eigenvalue weighted by Crippen LogP contribution is -2.52. The van der Waals surface area contributed by atoms with Crippen LogP contribution in [0.3, 0.4) is 0 Å². The quantitative estimate of drug-likeness (QED) is 0.722. The molecule has 15 heavy (non-hydrogen) atoms. The lowest BCUT2D eigenvalue weighted by Gasteiger charge is -2.30. The molecule has 1 atom stereocenters. The van der Waals surface area contributed by atoms with Crippen molar-refractivity contribution in [1.29, 1.82) is 5.26 Å². The molecule has 0 radical (unpaired) electrons. The van der Waals surface area contributed by atoms with Crippen LogP contribution in [0.2, 0.25) is 0 Å². The maximum absolute atomic E-state index is 9.19. The van der Waals surface area contributed by atoms with E-state index in [1.807, 2.05) is 6.92 Å². The van der Waals surface area contributed by atoms with Gasteiger partial charge >= 0.3 is 0 Å². The summed E-state index contributed by atoms with van der Waals surface area (Å²) in [7, 11) is 2.11. The average Bonchev–Trinajstić information content (AvgIpc) is 2.86. The van der Waals surface area contributed by atoms with E-state index in [1.54, 1.807) is 0 Å². The van der Waals surface area contributed by atoms with Crippen molar-refractivity contribution in [3.63, 3.8) is 0 Å². The highest BCUT2D eigenvalue weighted by molar-refractivity contribution is 5.06. The second kappa shape index (κ2) is 4.96. The summed E-state index contributed by atoms with van der Waals surface area (Å²) in [5.74, 6) is 0.886. The van der Waals surface area contributed by atoms with Gasteiger partial charge in [0.15, 0.2) is 0 Å². The van der Waals surface area contributed by atoms with E-state index in [9.17, 15) is 5.26 Å². The summed E-state index contributed by atoms with van der Waals surface area (Å²) >= 11 is 0. The van der Waals surface area contributed by atoms with E-state index in [0.717, 1.165) is 19.0 Å². The molecule has 0 aromatic rings. The molecule has 3 heteroatoms. The zero-order chi connectivity index (χ0) is 11.5. The highest BCUT2D eigenvalue weighted by Crippen LogP contribution is 2.29. The van der Waals surface area contributed by atoms with Crippen LogP contribution in [0.25, 0.3) is 0 Å². The normalized spacial score (nSPS) is 20.3. The maximum atomic E-state index is 9.19. The molecule has 1 aliphatic carbocycles. The van der Waals surface area contributed by atoms with Crippen LogP contribution < -0.4 is 5.32 Å². The molecule has 0 heterocycles. The van der Waals surface area contributed by atoms with Crippen LogP contribution in [0.4, 0.5) is 0 Å². The summed E-state index contributed by atoms with van der Waals surface area (Å²) < 4.78 is 0. The van der Waals surface area contributed by atoms with Crippen molar-refractivity contribution in [3.8, 4) is 6.07 Å². The van der Waals surface area contributed by atoms with Crippen LogP contribution in [0, 0.1) is 17.2 Å². The van der Waals surface area contributed by atoms with Crippen LogP contribution in [0.1, 0.15) is 33.6 Å². The first kappa shape index (κ1) is 12.5. The highest BCUT2D eigenvalue weighted by atomic mass is 15.2. The molecule has 0 aliphatic heterocycles. The van der Waals surface area contributed by atoms with Gasteiger partial charge in [-0.05, 0) is 46.6 Å². The number of nitrogens with zero attached hydrogens (tertiary/aromatic N) is 2. The standard InChI is InChI=1S/C12H23N3/c1-10(2)14-12(3,8-13)9-15(4)7-11-5-6-11/h10-11,14H,5-7,9H2,1-4H3. The summed E-state index contributed by atoms with van der Waals surface area (Å²) in [4.78, 5) is 2.27. The number of nitrogens with one attached hydrogen (secondary N) is 1. The molecule has 1 saturated carbocycles. The smallest absolute Gasteiger partial charge is 0.116 e. The summed E-state index contributed by atoms with van der Waals surface area (Å²) in [6.07, 6.45) is 2.73. The summed E-state index contributed by atoms with van der Waals surface area (Å²) in [5, 5.41) is 12.5. The van der Waals surface area contributed by atoms with Crippen LogP contribution in [0.5, 0.6) is 0 Å². The Balaban J connectivity index is 2.39. The van der Waals surface area contributed by atoms with E-state index in [4.69, 9.17) is 0 Å². The predicted octanol–water partition coefficient (Wildman–Crippen LogP) is 1.61. The third-order valence-corrected chi connectivity index (χ3v) is 2.71. The average molecular weight is 209 g/mol. The van der Waals surface area contributed by atoms with E-state index in [1.165, 1.54) is 12.8 Å². The molecule has 0 saturated heterocycles. The van der Waals surface area contributed by atoms with Crippen molar-refractivity contribution in [2.75, 3.05) is 20.1 Å². The second-order valence-electron chi connectivity index (χ2n) is 5.38. The van der Waals surface area contributed by atoms with Gasteiger partial charge in [-0.3, -0.25) is 5.32 Å². The molecule has 1 N–H and O–H groups in total. The monoisotopic (exact) mass is 209 g/mol. The Hall–Kier alpha value is -0.590. The molecule has 1 aliphatic rings. The fourth-order valence-corrected chi connectivity index (χ4v) is 2.10. The number of hydrogen-bond acceptors (Lipinski definition) is 3. The summed E-state index contributed by atoms with van der Waals surface area (Å²) in [6.45, 7) is 8.08. The molecule has 1 unspecified atom stereocenters. The maximum Gasteiger partial charge on any atom is 0.116 e. The van der Waals surface area contributed by atoms with Crippen molar-refractivity contribution < 1.29 is 0 Å². The van der Waals surface area contributed by atoms with E-state index >= 15 is 0 Å². The largest absolute Gasteiger partial charge is 0.303 e. The van der Waals surface area contributed by atoms with Gasteiger partial charge in [-0.25, -0.2) is 0 Å². The molecule has 0 spiro atoms. The minimum Gasteiger partial charge on any atom is -0.303 e. The van der Waals surface area contributed by atoms with Crippen LogP contribution in [0.15, 0.2) is 0 Å². The Bertz CT molecular complexity index is 240. The molecule has 3 nitrogen and oxygen atoms in total. The number of rotatable bonds is 6. The summed E-state index contributed by atoms with van der Waals surface area (Å²) in [5.41, 5.74) is -0.419.